The summed E-state index contributed by atoms with van der Waals surface area (Å²) in [5.41, 5.74) is 4.37. The van der Waals surface area contributed by atoms with Gasteiger partial charge in [-0.2, -0.15) is 5.26 Å². The van der Waals surface area contributed by atoms with E-state index in [2.05, 4.69) is 52.4 Å². The lowest BCUT2D eigenvalue weighted by Crippen LogP contribution is -2.47. The first-order valence-corrected chi connectivity index (χ1v) is 8.70. The van der Waals surface area contributed by atoms with Gasteiger partial charge in [-0.1, -0.05) is 42.8 Å². The molecule has 0 radical (unpaired) electrons. The maximum Gasteiger partial charge on any atom is 0.0992 e. The quantitative estimate of drug-likeness (QED) is 0.853. The van der Waals surface area contributed by atoms with Crippen LogP contribution in [0.25, 0.3) is 5.57 Å². The molecular weight excluding hydrogens is 294 g/mol. The van der Waals surface area contributed by atoms with E-state index >= 15 is 0 Å². The summed E-state index contributed by atoms with van der Waals surface area (Å²) in [6, 6.07) is 17.7. The van der Waals surface area contributed by atoms with Gasteiger partial charge in [0.15, 0.2) is 0 Å². The predicted molar refractivity (Wildman–Crippen MR) is 95.0 cm³/mol. The molecule has 2 unspecified atom stereocenters. The summed E-state index contributed by atoms with van der Waals surface area (Å²) in [6.07, 6.45) is 8.94. The van der Waals surface area contributed by atoms with Crippen LogP contribution in [-0.2, 0) is 6.54 Å². The van der Waals surface area contributed by atoms with Crippen LogP contribution in [0.3, 0.4) is 0 Å². The van der Waals surface area contributed by atoms with Gasteiger partial charge in [-0.15, -0.1) is 0 Å². The number of nitriles is 1. The lowest BCUT2D eigenvalue weighted by molar-refractivity contribution is 0.0950. The predicted octanol–water partition coefficient (Wildman–Crippen LogP) is 4.16. The molecule has 2 aliphatic rings. The molecule has 1 saturated heterocycles. The van der Waals surface area contributed by atoms with Crippen LogP contribution < -0.4 is 0 Å². The van der Waals surface area contributed by atoms with Crippen molar-refractivity contribution in [1.29, 1.82) is 5.26 Å². The zero-order valence-electron chi connectivity index (χ0n) is 13.7. The molecule has 2 bridgehead atoms. The Morgan fingerprint density at radius 1 is 1.17 bits per heavy atom. The molecule has 3 heteroatoms. The molecule has 0 N–H and O–H groups in total. The number of fused-ring (bicyclic) bond motifs is 2. The molecule has 120 valence electrons. The molecule has 1 aromatic carbocycles. The van der Waals surface area contributed by atoms with E-state index in [9.17, 15) is 0 Å². The molecule has 2 atom stereocenters. The van der Waals surface area contributed by atoms with Crippen LogP contribution in [0.1, 0.15) is 42.5 Å². The highest BCUT2D eigenvalue weighted by Crippen LogP contribution is 2.37. The third kappa shape index (κ3) is 2.98. The van der Waals surface area contributed by atoms with E-state index < -0.39 is 0 Å². The van der Waals surface area contributed by atoms with Crippen molar-refractivity contribution < 1.29 is 0 Å². The Bertz CT molecular complexity index is 788. The van der Waals surface area contributed by atoms with E-state index in [-0.39, 0.29) is 0 Å². The summed E-state index contributed by atoms with van der Waals surface area (Å²) in [5.74, 6) is 0. The van der Waals surface area contributed by atoms with E-state index in [0.29, 0.717) is 17.6 Å². The van der Waals surface area contributed by atoms with Crippen molar-refractivity contribution in [1.82, 2.24) is 9.88 Å². The fourth-order valence-corrected chi connectivity index (χ4v) is 4.02. The monoisotopic (exact) mass is 315 g/mol. The normalized spacial score (nSPS) is 23.4. The van der Waals surface area contributed by atoms with Crippen molar-refractivity contribution in [2.75, 3.05) is 0 Å². The molecule has 2 aliphatic heterocycles. The Labute approximate surface area is 143 Å². The Morgan fingerprint density at radius 2 is 2.04 bits per heavy atom. The number of aromatic nitrogens is 1. The number of nitrogens with zero attached hydrogens (tertiary/aromatic N) is 3. The maximum atomic E-state index is 9.12. The molecule has 0 amide bonds. The summed E-state index contributed by atoms with van der Waals surface area (Å²) in [6.45, 7) is 1.02. The highest BCUT2D eigenvalue weighted by molar-refractivity contribution is 5.66. The van der Waals surface area contributed by atoms with Crippen molar-refractivity contribution >= 4 is 5.57 Å². The molecule has 3 heterocycles. The molecular formula is C21H21N3. The van der Waals surface area contributed by atoms with Gasteiger partial charge in [0, 0.05) is 24.8 Å². The first-order valence-electron chi connectivity index (χ1n) is 8.70. The van der Waals surface area contributed by atoms with Crippen LogP contribution in [0.2, 0.25) is 0 Å². The molecule has 0 aliphatic carbocycles. The van der Waals surface area contributed by atoms with E-state index in [1.54, 1.807) is 12.3 Å². The van der Waals surface area contributed by atoms with Gasteiger partial charge in [0.1, 0.15) is 0 Å². The fourth-order valence-electron chi connectivity index (χ4n) is 4.02. The number of hydrogen-bond donors (Lipinski definition) is 0. The van der Waals surface area contributed by atoms with Crippen LogP contribution in [0.5, 0.6) is 0 Å². The van der Waals surface area contributed by atoms with E-state index in [4.69, 9.17) is 5.26 Å². The van der Waals surface area contributed by atoms with Crippen molar-refractivity contribution in [2.45, 2.75) is 44.3 Å². The van der Waals surface area contributed by atoms with Crippen LogP contribution in [0.15, 0.2) is 54.7 Å². The Kier molecular flexibility index (Phi) is 4.15. The van der Waals surface area contributed by atoms with Crippen LogP contribution in [0, 0.1) is 11.3 Å². The number of hydrogen-bond acceptors (Lipinski definition) is 3. The summed E-state index contributed by atoms with van der Waals surface area (Å²) in [4.78, 5) is 7.16. The minimum absolute atomic E-state index is 0.486. The van der Waals surface area contributed by atoms with Crippen molar-refractivity contribution in [3.63, 3.8) is 0 Å². The molecule has 4 rings (SSSR count). The number of rotatable bonds is 3. The van der Waals surface area contributed by atoms with Gasteiger partial charge >= 0.3 is 0 Å². The fraction of sp³-hybridized carbons (Fsp3) is 0.333. The standard InChI is InChI=1S/C21H21N3/c22-14-17-9-10-23-21(11-17)18-12-19-7-4-8-20(13-18)24(19)15-16-5-2-1-3-6-16/h1-3,5-6,9-12,19-20H,4,7-8,13,15H2. The van der Waals surface area contributed by atoms with Gasteiger partial charge in [0.25, 0.3) is 0 Å². The summed E-state index contributed by atoms with van der Waals surface area (Å²) < 4.78 is 0. The van der Waals surface area contributed by atoms with Gasteiger partial charge in [0.05, 0.1) is 17.3 Å². The van der Waals surface area contributed by atoms with E-state index in [1.165, 1.54) is 30.4 Å². The number of pyridine rings is 1. The second-order valence-electron chi connectivity index (χ2n) is 6.75. The Hall–Kier alpha value is -2.44. The molecule has 2 aromatic rings. The largest absolute Gasteiger partial charge is 0.289 e. The van der Waals surface area contributed by atoms with Crippen molar-refractivity contribution in [3.8, 4) is 6.07 Å². The third-order valence-electron chi connectivity index (χ3n) is 5.21. The molecule has 0 spiro atoms. The lowest BCUT2D eigenvalue weighted by atomic mass is 9.83. The van der Waals surface area contributed by atoms with Gasteiger partial charge in [-0.25, -0.2) is 0 Å². The minimum Gasteiger partial charge on any atom is -0.289 e. The topological polar surface area (TPSA) is 39.9 Å². The highest BCUT2D eigenvalue weighted by Gasteiger charge is 2.34. The molecule has 24 heavy (non-hydrogen) atoms. The molecule has 1 fully saturated rings. The highest BCUT2D eigenvalue weighted by atomic mass is 15.2. The first kappa shape index (κ1) is 15.1. The average Bonchev–Trinajstić information content (AvgIpc) is 2.62. The van der Waals surface area contributed by atoms with Gasteiger partial charge in [-0.05, 0) is 42.5 Å². The van der Waals surface area contributed by atoms with Gasteiger partial charge < -0.3 is 0 Å². The summed E-state index contributed by atoms with van der Waals surface area (Å²) in [5, 5.41) is 9.12. The van der Waals surface area contributed by atoms with Crippen LogP contribution in [0.4, 0.5) is 0 Å². The second kappa shape index (κ2) is 6.59. The van der Waals surface area contributed by atoms with Gasteiger partial charge in [-0.3, -0.25) is 9.88 Å². The smallest absolute Gasteiger partial charge is 0.0992 e. The zero-order chi connectivity index (χ0) is 16.4. The van der Waals surface area contributed by atoms with Crippen LogP contribution >= 0.6 is 0 Å². The van der Waals surface area contributed by atoms with Crippen molar-refractivity contribution in [3.05, 3.63) is 71.6 Å². The molecule has 0 saturated carbocycles. The Morgan fingerprint density at radius 3 is 2.83 bits per heavy atom. The summed E-state index contributed by atoms with van der Waals surface area (Å²) >= 11 is 0. The second-order valence-corrected chi connectivity index (χ2v) is 6.75. The maximum absolute atomic E-state index is 9.12. The van der Waals surface area contributed by atoms with Crippen molar-refractivity contribution in [2.24, 2.45) is 0 Å². The van der Waals surface area contributed by atoms with Crippen LogP contribution in [-0.4, -0.2) is 22.0 Å². The SMILES string of the molecule is N#Cc1ccnc(C2=CC3CCCC(C2)N3Cc2ccccc2)c1. The molecule has 1 aromatic heterocycles. The average molecular weight is 315 g/mol. The lowest BCUT2D eigenvalue weighted by Gasteiger charge is -2.45. The minimum atomic E-state index is 0.486. The number of piperidine rings is 1. The number of benzene rings is 1. The zero-order valence-corrected chi connectivity index (χ0v) is 13.7. The summed E-state index contributed by atoms with van der Waals surface area (Å²) in [7, 11) is 0. The Balaban J connectivity index is 1.61. The molecule has 3 nitrogen and oxygen atoms in total. The third-order valence-corrected chi connectivity index (χ3v) is 5.21. The van der Waals surface area contributed by atoms with E-state index in [0.717, 1.165) is 18.7 Å². The van der Waals surface area contributed by atoms with Gasteiger partial charge in [0.2, 0.25) is 0 Å². The van der Waals surface area contributed by atoms with E-state index in [1.807, 2.05) is 6.07 Å². The first-order chi connectivity index (χ1) is 11.8.